The zero-order chi connectivity index (χ0) is 40.6. The van der Waals surface area contributed by atoms with Crippen molar-refractivity contribution < 1.29 is 50.5 Å². The lowest BCUT2D eigenvalue weighted by molar-refractivity contribution is 0.0696. The van der Waals surface area contributed by atoms with E-state index in [0.29, 0.717) is 34.0 Å². The Hall–Kier alpha value is -6.95. The van der Waals surface area contributed by atoms with Gasteiger partial charge in [0.1, 0.15) is 11.4 Å². The van der Waals surface area contributed by atoms with Gasteiger partial charge in [-0.1, -0.05) is 0 Å². The predicted molar refractivity (Wildman–Crippen MR) is 200 cm³/mol. The van der Waals surface area contributed by atoms with E-state index in [1.807, 2.05) is 0 Å². The Bertz CT molecular complexity index is 2560. The zero-order valence-corrected chi connectivity index (χ0v) is 30.6. The number of aromatic carboxylic acids is 2. The molecule has 0 bridgehead atoms. The molecule has 1 aromatic heterocycles. The number of rotatable bonds is 16. The first kappa shape index (κ1) is 40.2. The molecule has 0 spiro atoms. The average Bonchev–Trinajstić information content (AvgIpc) is 3.13. The summed E-state index contributed by atoms with van der Waals surface area (Å²) in [4.78, 5) is 35.5. The van der Waals surface area contributed by atoms with E-state index in [-0.39, 0.29) is 51.8 Å². The third-order valence-corrected chi connectivity index (χ3v) is 8.85. The summed E-state index contributed by atoms with van der Waals surface area (Å²) in [5, 5.41) is 43.8. The van der Waals surface area contributed by atoms with E-state index in [9.17, 15) is 36.6 Å². The van der Waals surface area contributed by atoms with E-state index < -0.39 is 37.9 Å². The van der Waals surface area contributed by atoms with Crippen molar-refractivity contribution in [1.29, 1.82) is 0 Å². The van der Waals surface area contributed by atoms with Gasteiger partial charge in [0, 0.05) is 24.0 Å². The van der Waals surface area contributed by atoms with Crippen LogP contribution in [0.25, 0.3) is 0 Å². The van der Waals surface area contributed by atoms with Gasteiger partial charge in [0.25, 0.3) is 20.2 Å². The Morgan fingerprint density at radius 2 is 1.21 bits per heavy atom. The van der Waals surface area contributed by atoms with Crippen LogP contribution < -0.4 is 20.7 Å². The Labute approximate surface area is 317 Å². The first-order chi connectivity index (χ1) is 26.4. The van der Waals surface area contributed by atoms with Crippen molar-refractivity contribution in [3.05, 3.63) is 95.6 Å². The number of carboxylic acids is 2. The smallest absolute Gasteiger partial charge is 0.335 e. The van der Waals surface area contributed by atoms with E-state index in [1.165, 1.54) is 43.5 Å². The summed E-state index contributed by atoms with van der Waals surface area (Å²) in [5.41, 5.74) is 1.98. The lowest BCUT2D eigenvalue weighted by atomic mass is 10.1. The number of hydrogen-bond acceptors (Lipinski definition) is 17. The van der Waals surface area contributed by atoms with Crippen LogP contribution in [0.5, 0.6) is 5.75 Å². The molecule has 23 heteroatoms. The van der Waals surface area contributed by atoms with E-state index >= 15 is 0 Å². The quantitative estimate of drug-likeness (QED) is 0.0416. The highest BCUT2D eigenvalue weighted by Gasteiger charge is 2.14. The summed E-state index contributed by atoms with van der Waals surface area (Å²) in [6, 6.07) is 18.1. The maximum atomic E-state index is 11.4. The van der Waals surface area contributed by atoms with Crippen LogP contribution in [0.2, 0.25) is 0 Å². The zero-order valence-electron chi connectivity index (χ0n) is 29.0. The van der Waals surface area contributed by atoms with Crippen LogP contribution in [0.4, 0.5) is 52.0 Å². The predicted octanol–water partition coefficient (Wildman–Crippen LogP) is 6.45. The summed E-state index contributed by atoms with van der Waals surface area (Å²) in [6.45, 7) is 1.48. The third kappa shape index (κ3) is 11.3. The van der Waals surface area contributed by atoms with Gasteiger partial charge in [0.05, 0.1) is 45.9 Å². The number of carbonyl (C=O) groups is 2. The van der Waals surface area contributed by atoms with Gasteiger partial charge in [0.15, 0.2) is 0 Å². The molecule has 21 nitrogen and oxygen atoms in total. The molecule has 290 valence electrons. The van der Waals surface area contributed by atoms with Crippen molar-refractivity contribution in [2.45, 2.75) is 11.8 Å². The molecule has 0 aliphatic heterocycles. The fourth-order valence-corrected chi connectivity index (χ4v) is 5.46. The Kier molecular flexibility index (Phi) is 12.2. The van der Waals surface area contributed by atoms with Gasteiger partial charge in [-0.3, -0.25) is 9.11 Å². The topological polar surface area (TPSA) is 317 Å². The van der Waals surface area contributed by atoms with Crippen LogP contribution in [0.3, 0.4) is 0 Å². The number of methoxy groups -OCH3 is 1. The Morgan fingerprint density at radius 1 is 0.679 bits per heavy atom. The van der Waals surface area contributed by atoms with Gasteiger partial charge in [0.2, 0.25) is 17.8 Å². The minimum absolute atomic E-state index is 0.00123. The number of nitrogens with zero attached hydrogens (tertiary/aromatic N) is 7. The molecular formula is C33H30N10O11S2. The molecule has 0 amide bonds. The molecule has 4 aromatic carbocycles. The molecule has 0 fully saturated rings. The second kappa shape index (κ2) is 17.0. The number of anilines is 5. The monoisotopic (exact) mass is 806 g/mol. The summed E-state index contributed by atoms with van der Waals surface area (Å²) >= 11 is 0. The number of ether oxygens (including phenoxy) is 1. The highest BCUT2D eigenvalue weighted by molar-refractivity contribution is 7.86. The first-order valence-corrected chi connectivity index (χ1v) is 18.8. The number of hydrogen-bond donors (Lipinski definition) is 7. The van der Waals surface area contributed by atoms with Crippen LogP contribution in [-0.2, 0) is 20.2 Å². The van der Waals surface area contributed by atoms with Gasteiger partial charge < -0.3 is 30.9 Å². The van der Waals surface area contributed by atoms with Crippen LogP contribution in [-0.4, -0.2) is 82.5 Å². The fourth-order valence-electron chi connectivity index (χ4n) is 4.62. The maximum absolute atomic E-state index is 11.4. The van der Waals surface area contributed by atoms with Gasteiger partial charge >= 0.3 is 11.9 Å². The second-order valence-corrected chi connectivity index (χ2v) is 14.4. The number of nitrogens with one attached hydrogen (secondary N) is 3. The minimum Gasteiger partial charge on any atom is -0.494 e. The highest BCUT2D eigenvalue weighted by atomic mass is 32.2. The van der Waals surface area contributed by atoms with Crippen molar-refractivity contribution in [3.8, 4) is 5.75 Å². The molecule has 5 rings (SSSR count). The third-order valence-electron chi connectivity index (χ3n) is 7.26. The number of azo groups is 2. The summed E-state index contributed by atoms with van der Waals surface area (Å²) in [5.74, 6) is -3.06. The van der Waals surface area contributed by atoms with Gasteiger partial charge in [-0.2, -0.15) is 47.1 Å². The molecule has 1 heterocycles. The number of carboxylic acid groups (broad SMARTS) is 2. The molecule has 56 heavy (non-hydrogen) atoms. The maximum Gasteiger partial charge on any atom is 0.335 e. The lowest BCUT2D eigenvalue weighted by Crippen LogP contribution is -2.17. The Morgan fingerprint density at radius 3 is 1.75 bits per heavy atom. The molecule has 0 radical (unpaired) electrons. The fraction of sp³-hybridized carbons (Fsp3) is 0.121. The van der Waals surface area contributed by atoms with E-state index in [1.54, 1.807) is 43.3 Å². The van der Waals surface area contributed by atoms with Crippen molar-refractivity contribution >= 4 is 84.1 Å². The van der Waals surface area contributed by atoms with Gasteiger partial charge in [-0.15, -0.1) is 5.11 Å². The van der Waals surface area contributed by atoms with Crippen molar-refractivity contribution in [2.75, 3.05) is 35.4 Å². The normalized spacial score (nSPS) is 11.8. The average molecular weight is 807 g/mol. The molecule has 0 aliphatic carbocycles. The van der Waals surface area contributed by atoms with Crippen LogP contribution in [0.15, 0.2) is 104 Å². The summed E-state index contributed by atoms with van der Waals surface area (Å²) in [7, 11) is -7.26. The van der Waals surface area contributed by atoms with E-state index in [0.717, 1.165) is 6.07 Å². The van der Waals surface area contributed by atoms with Crippen molar-refractivity contribution in [1.82, 2.24) is 15.0 Å². The van der Waals surface area contributed by atoms with E-state index in [4.69, 9.17) is 13.8 Å². The molecule has 0 saturated heterocycles. The Balaban J connectivity index is 1.37. The number of benzene rings is 4. The second-order valence-electron chi connectivity index (χ2n) is 11.4. The highest BCUT2D eigenvalue weighted by Crippen LogP contribution is 2.33. The first-order valence-electron chi connectivity index (χ1n) is 15.8. The number of aryl methyl sites for hydroxylation is 1. The lowest BCUT2D eigenvalue weighted by Gasteiger charge is -2.13. The molecule has 0 unspecified atom stereocenters. The molecule has 0 aliphatic rings. The molecule has 5 aromatic rings. The van der Waals surface area contributed by atoms with E-state index in [2.05, 4.69) is 51.4 Å². The minimum atomic E-state index is -4.37. The number of aromatic nitrogens is 3. The van der Waals surface area contributed by atoms with Gasteiger partial charge in [-0.25, -0.2) is 9.59 Å². The van der Waals surface area contributed by atoms with Crippen molar-refractivity contribution in [3.63, 3.8) is 0 Å². The largest absolute Gasteiger partial charge is 0.494 e. The molecular weight excluding hydrogens is 777 g/mol. The SMILES string of the molecule is COc1cc(Nc2nc(NCCS(=O)(=O)O)nc(Nc3ccc(/N=N/c4cc(C(=O)O)cc(C(=O)O)c4)c(C)c3)n2)ccc1/N=N/c1ccc(S(=O)(=O)O)cc1. The van der Waals surface area contributed by atoms with Crippen LogP contribution >= 0.6 is 0 Å². The van der Waals surface area contributed by atoms with Gasteiger partial charge in [-0.05, 0) is 85.3 Å². The van der Waals surface area contributed by atoms with Crippen LogP contribution in [0, 0.1) is 6.92 Å². The standard InChI is InChI=1S/C33H30N10O11S2/c1-18-13-22(5-9-26(18)42-41-24-15-19(29(44)45)14-20(16-24)30(46)47)35-32-37-31(34-11-12-55(48,49)50)38-33(39-32)36-23-6-10-27(28(17-23)54-2)43-40-21-3-7-25(8-4-21)56(51,52)53/h3-10,13-17H,11-12H2,1-2H3,(H,44,45)(H,46,47)(H,48,49,50)(H,51,52,53)(H3,34,35,36,37,38,39)/b42-41+,43-40+. The van der Waals surface area contributed by atoms with Crippen LogP contribution in [0.1, 0.15) is 26.3 Å². The van der Waals surface area contributed by atoms with Crippen molar-refractivity contribution in [2.24, 2.45) is 20.5 Å². The summed E-state index contributed by atoms with van der Waals surface area (Å²) < 4.78 is 69.0. The molecule has 0 atom stereocenters. The molecule has 7 N–H and O–H groups in total. The molecule has 0 saturated carbocycles. The summed E-state index contributed by atoms with van der Waals surface area (Å²) in [6.07, 6.45) is 0.